The number of aliphatic hydroxyl groups excluding tert-OH is 3. The van der Waals surface area contributed by atoms with Crippen LogP contribution in [-0.2, 0) is 4.79 Å². The van der Waals surface area contributed by atoms with Gasteiger partial charge in [0, 0.05) is 6.42 Å². The Morgan fingerprint density at radius 1 is 0.522 bits per heavy atom. The molecule has 0 aliphatic rings. The molecule has 0 spiro atoms. The number of unbranched alkanes of at least 4 members (excludes halogenated alkanes) is 24. The second-order valence-corrected chi connectivity index (χ2v) is 13.8. The van der Waals surface area contributed by atoms with Crippen LogP contribution < -0.4 is 5.32 Å². The number of amides is 1. The molecule has 0 radical (unpaired) electrons. The normalized spacial score (nSPS) is 13.9. The average Bonchev–Trinajstić information content (AvgIpc) is 3.06. The Hall–Kier alpha value is -1.17. The summed E-state index contributed by atoms with van der Waals surface area (Å²) in [6.45, 7) is 4.16. The van der Waals surface area contributed by atoms with Crippen molar-refractivity contribution < 1.29 is 20.1 Å². The zero-order valence-electron chi connectivity index (χ0n) is 30.7. The first kappa shape index (κ1) is 44.8. The smallest absolute Gasteiger partial charge is 0.220 e. The Bertz CT molecular complexity index is 679. The van der Waals surface area contributed by atoms with Crippen LogP contribution in [0, 0.1) is 0 Å². The maximum atomic E-state index is 12.4. The van der Waals surface area contributed by atoms with E-state index in [1.807, 2.05) is 0 Å². The third-order valence-corrected chi connectivity index (χ3v) is 9.29. The average molecular weight is 650 g/mol. The highest BCUT2D eigenvalue weighted by Crippen LogP contribution is 2.15. The van der Waals surface area contributed by atoms with Gasteiger partial charge in [-0.1, -0.05) is 173 Å². The van der Waals surface area contributed by atoms with Gasteiger partial charge in [-0.25, -0.2) is 0 Å². The van der Waals surface area contributed by atoms with E-state index in [1.54, 1.807) is 0 Å². The number of hydrogen-bond donors (Lipinski definition) is 4. The molecule has 3 atom stereocenters. The molecule has 0 saturated heterocycles. The van der Waals surface area contributed by atoms with Crippen LogP contribution in [0.4, 0.5) is 0 Å². The van der Waals surface area contributed by atoms with Crippen molar-refractivity contribution in [1.82, 2.24) is 5.32 Å². The molecule has 5 heteroatoms. The van der Waals surface area contributed by atoms with E-state index in [2.05, 4.69) is 43.5 Å². The molecule has 3 unspecified atom stereocenters. The van der Waals surface area contributed by atoms with E-state index in [9.17, 15) is 20.1 Å². The van der Waals surface area contributed by atoms with E-state index < -0.39 is 18.2 Å². The molecule has 0 aromatic rings. The van der Waals surface area contributed by atoms with Crippen LogP contribution in [0.25, 0.3) is 0 Å². The van der Waals surface area contributed by atoms with Crippen LogP contribution in [0.3, 0.4) is 0 Å². The number of rotatable bonds is 36. The lowest BCUT2D eigenvalue weighted by Gasteiger charge is -2.26. The van der Waals surface area contributed by atoms with Crippen LogP contribution in [0.1, 0.15) is 206 Å². The Labute approximate surface area is 286 Å². The summed E-state index contributed by atoms with van der Waals surface area (Å²) in [6.07, 6.45) is 42.7. The van der Waals surface area contributed by atoms with E-state index in [1.165, 1.54) is 135 Å². The summed E-state index contributed by atoms with van der Waals surface area (Å²) in [7, 11) is 0. The quantitative estimate of drug-likeness (QED) is 0.0401. The van der Waals surface area contributed by atoms with E-state index >= 15 is 0 Å². The SMILES string of the molecule is CCCCCCCCCCC/C=C/CC/C=C/CCCC(O)C(O)C(CO)NC(=O)CCCCCCCCCCCCCCCC. The van der Waals surface area contributed by atoms with Crippen molar-refractivity contribution in [3.05, 3.63) is 24.3 Å². The van der Waals surface area contributed by atoms with Gasteiger partial charge in [0.1, 0.15) is 6.10 Å². The molecule has 0 heterocycles. The molecule has 1 amide bonds. The highest BCUT2D eigenvalue weighted by Gasteiger charge is 2.26. The number of carbonyl (C=O) groups excluding carboxylic acids is 1. The first-order valence-electron chi connectivity index (χ1n) is 20.1. The first-order chi connectivity index (χ1) is 22.6. The third kappa shape index (κ3) is 31.4. The highest BCUT2D eigenvalue weighted by molar-refractivity contribution is 5.76. The minimum Gasteiger partial charge on any atom is -0.394 e. The summed E-state index contributed by atoms with van der Waals surface area (Å²) in [5, 5.41) is 33.4. The zero-order chi connectivity index (χ0) is 33.8. The van der Waals surface area contributed by atoms with Crippen molar-refractivity contribution in [2.45, 2.75) is 225 Å². The molecule has 0 fully saturated rings. The fourth-order valence-electron chi connectivity index (χ4n) is 6.12. The third-order valence-electron chi connectivity index (χ3n) is 9.29. The van der Waals surface area contributed by atoms with Crippen LogP contribution in [-0.4, -0.2) is 46.1 Å². The summed E-state index contributed by atoms with van der Waals surface area (Å²) in [4.78, 5) is 12.4. The summed E-state index contributed by atoms with van der Waals surface area (Å²) >= 11 is 0. The van der Waals surface area contributed by atoms with E-state index in [-0.39, 0.29) is 12.5 Å². The molecular weight excluding hydrogens is 570 g/mol. The maximum Gasteiger partial charge on any atom is 0.220 e. The molecule has 0 aliphatic heterocycles. The molecule has 0 aromatic carbocycles. The molecular formula is C41H79NO4. The Balaban J connectivity index is 3.73. The summed E-state index contributed by atoms with van der Waals surface area (Å²) in [5.74, 6) is -0.158. The van der Waals surface area contributed by atoms with Crippen molar-refractivity contribution in [3.63, 3.8) is 0 Å². The lowest BCUT2D eigenvalue weighted by atomic mass is 10.0. The second-order valence-electron chi connectivity index (χ2n) is 13.8. The topological polar surface area (TPSA) is 89.8 Å². The predicted molar refractivity (Wildman–Crippen MR) is 199 cm³/mol. The van der Waals surface area contributed by atoms with Gasteiger partial charge >= 0.3 is 0 Å². The standard InChI is InChI=1S/C41H79NO4/c1-3-5-7-9-11-13-15-17-19-20-21-22-23-25-27-29-31-33-35-39(44)41(46)38(37-43)42-40(45)36-34-32-30-28-26-24-18-16-14-12-10-8-6-4-2/h21-22,27,29,38-39,41,43-44,46H,3-20,23-26,28,30-37H2,1-2H3,(H,42,45)/b22-21+,29-27+. The fraction of sp³-hybridized carbons (Fsp3) is 0.878. The Morgan fingerprint density at radius 2 is 0.891 bits per heavy atom. The molecule has 4 N–H and O–H groups in total. The summed E-state index contributed by atoms with van der Waals surface area (Å²) in [5.41, 5.74) is 0. The number of aliphatic hydroxyl groups is 3. The Kier molecular flexibility index (Phi) is 35.7. The molecule has 46 heavy (non-hydrogen) atoms. The van der Waals surface area contributed by atoms with E-state index in [0.29, 0.717) is 12.8 Å². The number of carbonyl (C=O) groups is 1. The van der Waals surface area contributed by atoms with Gasteiger partial charge in [-0.3, -0.25) is 4.79 Å². The molecule has 0 aliphatic carbocycles. The monoisotopic (exact) mass is 650 g/mol. The van der Waals surface area contributed by atoms with Gasteiger partial charge in [-0.05, 0) is 51.4 Å². The number of hydrogen-bond acceptors (Lipinski definition) is 4. The van der Waals surface area contributed by atoms with Crippen LogP contribution in [0.2, 0.25) is 0 Å². The minimum atomic E-state index is -1.16. The van der Waals surface area contributed by atoms with Crippen LogP contribution in [0.5, 0.6) is 0 Å². The molecule has 272 valence electrons. The highest BCUT2D eigenvalue weighted by atomic mass is 16.3. The van der Waals surface area contributed by atoms with Crippen molar-refractivity contribution in [1.29, 1.82) is 0 Å². The van der Waals surface area contributed by atoms with Crippen molar-refractivity contribution in [2.24, 2.45) is 0 Å². The number of allylic oxidation sites excluding steroid dienone is 4. The van der Waals surface area contributed by atoms with Gasteiger partial charge in [0.25, 0.3) is 0 Å². The second kappa shape index (κ2) is 36.7. The largest absolute Gasteiger partial charge is 0.394 e. The van der Waals surface area contributed by atoms with Gasteiger partial charge in [-0.15, -0.1) is 0 Å². The predicted octanol–water partition coefficient (Wildman–Crippen LogP) is 11.0. The zero-order valence-corrected chi connectivity index (χ0v) is 30.7. The van der Waals surface area contributed by atoms with Crippen molar-refractivity contribution in [2.75, 3.05) is 6.61 Å². The van der Waals surface area contributed by atoms with Crippen LogP contribution >= 0.6 is 0 Å². The minimum absolute atomic E-state index is 0.158. The maximum absolute atomic E-state index is 12.4. The first-order valence-corrected chi connectivity index (χ1v) is 20.1. The van der Waals surface area contributed by atoms with Crippen molar-refractivity contribution in [3.8, 4) is 0 Å². The molecule has 0 rings (SSSR count). The number of nitrogens with one attached hydrogen (secondary N) is 1. The van der Waals surface area contributed by atoms with Gasteiger partial charge < -0.3 is 20.6 Å². The van der Waals surface area contributed by atoms with Gasteiger partial charge in [0.05, 0.1) is 18.8 Å². The Morgan fingerprint density at radius 3 is 1.33 bits per heavy atom. The van der Waals surface area contributed by atoms with Crippen molar-refractivity contribution >= 4 is 5.91 Å². The van der Waals surface area contributed by atoms with Gasteiger partial charge in [0.15, 0.2) is 0 Å². The van der Waals surface area contributed by atoms with Gasteiger partial charge in [-0.2, -0.15) is 0 Å². The molecule has 0 bridgehead atoms. The molecule has 5 nitrogen and oxygen atoms in total. The van der Waals surface area contributed by atoms with Crippen LogP contribution in [0.15, 0.2) is 24.3 Å². The lowest BCUT2D eigenvalue weighted by molar-refractivity contribution is -0.124. The lowest BCUT2D eigenvalue weighted by Crippen LogP contribution is -2.50. The summed E-state index contributed by atoms with van der Waals surface area (Å²) in [6, 6.07) is -0.827. The summed E-state index contributed by atoms with van der Waals surface area (Å²) < 4.78 is 0. The fourth-order valence-corrected chi connectivity index (χ4v) is 6.12. The molecule has 0 aromatic heterocycles. The van der Waals surface area contributed by atoms with E-state index in [0.717, 1.165) is 44.9 Å². The molecule has 0 saturated carbocycles. The van der Waals surface area contributed by atoms with Gasteiger partial charge in [0.2, 0.25) is 5.91 Å². The van der Waals surface area contributed by atoms with E-state index in [4.69, 9.17) is 0 Å².